The second-order valence-electron chi connectivity index (χ2n) is 3.94. The fourth-order valence-corrected chi connectivity index (χ4v) is 2.90. The zero-order valence-electron chi connectivity index (χ0n) is 10.5. The highest BCUT2D eigenvalue weighted by molar-refractivity contribution is 7.84. The normalized spacial score (nSPS) is 11.6. The standard InChI is InChI=1S/C15H13NO2S/c1-18-14-7-4-8-15(9-14)19(17)11-13-6-3-2-5-12(13)10-16/h2-9H,11H2,1H3. The number of methoxy groups -OCH3 is 1. The Bertz CT molecular complexity index is 647. The number of hydrogen-bond donors (Lipinski definition) is 0. The molecule has 4 heteroatoms. The molecule has 0 saturated carbocycles. The molecule has 1 atom stereocenters. The molecule has 2 aromatic rings. The van der Waals surface area contributed by atoms with Crippen LogP contribution >= 0.6 is 0 Å². The van der Waals surface area contributed by atoms with Crippen molar-refractivity contribution in [3.63, 3.8) is 0 Å². The molecule has 2 aromatic carbocycles. The molecule has 0 N–H and O–H groups in total. The zero-order valence-corrected chi connectivity index (χ0v) is 11.3. The summed E-state index contributed by atoms with van der Waals surface area (Å²) in [5, 5.41) is 9.02. The van der Waals surface area contributed by atoms with Gasteiger partial charge in [0, 0.05) is 4.90 Å². The van der Waals surface area contributed by atoms with E-state index in [0.717, 1.165) is 5.56 Å². The zero-order chi connectivity index (χ0) is 13.7. The molecule has 2 rings (SSSR count). The Kier molecular flexibility index (Phi) is 4.32. The van der Waals surface area contributed by atoms with Crippen molar-refractivity contribution in [2.24, 2.45) is 0 Å². The third kappa shape index (κ3) is 3.21. The van der Waals surface area contributed by atoms with Crippen LogP contribution in [-0.4, -0.2) is 11.3 Å². The largest absolute Gasteiger partial charge is 0.497 e. The molecule has 1 unspecified atom stereocenters. The maximum Gasteiger partial charge on any atom is 0.120 e. The SMILES string of the molecule is COc1cccc(S(=O)Cc2ccccc2C#N)c1. The van der Waals surface area contributed by atoms with Crippen LogP contribution in [0.3, 0.4) is 0 Å². The molecule has 0 radical (unpaired) electrons. The van der Waals surface area contributed by atoms with E-state index in [1.54, 1.807) is 31.4 Å². The second kappa shape index (κ2) is 6.17. The average Bonchev–Trinajstić information content (AvgIpc) is 2.47. The van der Waals surface area contributed by atoms with Crippen LogP contribution in [0, 0.1) is 11.3 Å². The summed E-state index contributed by atoms with van der Waals surface area (Å²) in [6.45, 7) is 0. The van der Waals surface area contributed by atoms with Crippen LogP contribution in [0.25, 0.3) is 0 Å². The fraction of sp³-hybridized carbons (Fsp3) is 0.133. The molecule has 0 amide bonds. The quantitative estimate of drug-likeness (QED) is 0.859. The third-order valence-corrected chi connectivity index (χ3v) is 4.08. The minimum atomic E-state index is -1.19. The molecule has 0 saturated heterocycles. The maximum absolute atomic E-state index is 12.3. The van der Waals surface area contributed by atoms with Crippen molar-refractivity contribution in [1.29, 1.82) is 5.26 Å². The number of hydrogen-bond acceptors (Lipinski definition) is 3. The molecule has 19 heavy (non-hydrogen) atoms. The van der Waals surface area contributed by atoms with E-state index in [-0.39, 0.29) is 0 Å². The fourth-order valence-electron chi connectivity index (χ4n) is 1.72. The maximum atomic E-state index is 12.3. The predicted molar refractivity (Wildman–Crippen MR) is 74.3 cm³/mol. The molecular weight excluding hydrogens is 258 g/mol. The van der Waals surface area contributed by atoms with E-state index < -0.39 is 10.8 Å². The molecular formula is C15H13NO2S. The summed E-state index contributed by atoms with van der Waals surface area (Å²) in [5.74, 6) is 1.01. The summed E-state index contributed by atoms with van der Waals surface area (Å²) >= 11 is 0. The smallest absolute Gasteiger partial charge is 0.120 e. The van der Waals surface area contributed by atoms with Gasteiger partial charge < -0.3 is 4.74 Å². The highest BCUT2D eigenvalue weighted by atomic mass is 32.2. The van der Waals surface area contributed by atoms with Crippen molar-refractivity contribution in [2.45, 2.75) is 10.6 Å². The molecule has 0 aromatic heterocycles. The molecule has 0 fully saturated rings. The Hall–Kier alpha value is -2.12. The van der Waals surface area contributed by atoms with E-state index in [4.69, 9.17) is 10.00 Å². The summed E-state index contributed by atoms with van der Waals surface area (Å²) in [4.78, 5) is 0.701. The Labute approximate surface area is 114 Å². The molecule has 0 aliphatic rings. The van der Waals surface area contributed by atoms with E-state index in [2.05, 4.69) is 6.07 Å². The van der Waals surface area contributed by atoms with Gasteiger partial charge in [0.2, 0.25) is 0 Å². The Balaban J connectivity index is 2.23. The van der Waals surface area contributed by atoms with Gasteiger partial charge >= 0.3 is 0 Å². The van der Waals surface area contributed by atoms with Gasteiger partial charge in [0.05, 0.1) is 35.3 Å². The van der Waals surface area contributed by atoms with Crippen LogP contribution < -0.4 is 4.74 Å². The first-order valence-corrected chi connectivity index (χ1v) is 7.07. The van der Waals surface area contributed by atoms with Gasteiger partial charge in [0.1, 0.15) is 5.75 Å². The van der Waals surface area contributed by atoms with E-state index >= 15 is 0 Å². The monoisotopic (exact) mass is 271 g/mol. The number of rotatable bonds is 4. The first kappa shape index (κ1) is 13.3. The highest BCUT2D eigenvalue weighted by Gasteiger charge is 2.09. The van der Waals surface area contributed by atoms with E-state index in [0.29, 0.717) is 22.0 Å². The Morgan fingerprint density at radius 3 is 2.74 bits per heavy atom. The van der Waals surface area contributed by atoms with Crippen LogP contribution in [0.1, 0.15) is 11.1 Å². The van der Waals surface area contributed by atoms with Crippen molar-refractivity contribution < 1.29 is 8.95 Å². The van der Waals surface area contributed by atoms with Crippen molar-refractivity contribution in [2.75, 3.05) is 7.11 Å². The van der Waals surface area contributed by atoms with Crippen LogP contribution in [-0.2, 0) is 16.6 Å². The summed E-state index contributed by atoms with van der Waals surface area (Å²) in [6, 6.07) is 16.5. The molecule has 3 nitrogen and oxygen atoms in total. The molecule has 0 spiro atoms. The van der Waals surface area contributed by atoms with Crippen LogP contribution in [0.15, 0.2) is 53.4 Å². The van der Waals surface area contributed by atoms with Crippen LogP contribution in [0.2, 0.25) is 0 Å². The van der Waals surface area contributed by atoms with E-state index in [1.807, 2.05) is 24.3 Å². The Morgan fingerprint density at radius 2 is 2.00 bits per heavy atom. The summed E-state index contributed by atoms with van der Waals surface area (Å²) < 4.78 is 17.4. The van der Waals surface area contributed by atoms with Gasteiger partial charge in [-0.05, 0) is 29.8 Å². The first-order chi connectivity index (χ1) is 9.24. The van der Waals surface area contributed by atoms with Crippen molar-refractivity contribution in [3.05, 3.63) is 59.7 Å². The summed E-state index contributed by atoms with van der Waals surface area (Å²) in [6.07, 6.45) is 0. The van der Waals surface area contributed by atoms with Gasteiger partial charge in [-0.25, -0.2) is 0 Å². The second-order valence-corrected chi connectivity index (χ2v) is 5.39. The van der Waals surface area contributed by atoms with Crippen molar-refractivity contribution in [1.82, 2.24) is 0 Å². The average molecular weight is 271 g/mol. The van der Waals surface area contributed by atoms with Gasteiger partial charge in [-0.15, -0.1) is 0 Å². The molecule has 0 aliphatic carbocycles. The van der Waals surface area contributed by atoms with Crippen LogP contribution in [0.5, 0.6) is 5.75 Å². The van der Waals surface area contributed by atoms with E-state index in [9.17, 15) is 4.21 Å². The minimum absolute atomic E-state index is 0.330. The summed E-state index contributed by atoms with van der Waals surface area (Å²) in [5.41, 5.74) is 1.37. The van der Waals surface area contributed by atoms with E-state index in [1.165, 1.54) is 0 Å². The highest BCUT2D eigenvalue weighted by Crippen LogP contribution is 2.19. The van der Waals surface area contributed by atoms with Crippen LogP contribution in [0.4, 0.5) is 0 Å². The minimum Gasteiger partial charge on any atom is -0.497 e. The Morgan fingerprint density at radius 1 is 1.21 bits per heavy atom. The number of nitriles is 1. The molecule has 0 aliphatic heterocycles. The van der Waals surface area contributed by atoms with Crippen molar-refractivity contribution in [3.8, 4) is 11.8 Å². The van der Waals surface area contributed by atoms with Gasteiger partial charge in [-0.2, -0.15) is 5.26 Å². The lowest BCUT2D eigenvalue weighted by molar-refractivity contribution is 0.413. The predicted octanol–water partition coefficient (Wildman–Crippen LogP) is 2.87. The number of nitrogens with zero attached hydrogens (tertiary/aromatic N) is 1. The van der Waals surface area contributed by atoms with Gasteiger partial charge in [0.15, 0.2) is 0 Å². The lowest BCUT2D eigenvalue weighted by Crippen LogP contribution is -1.99. The third-order valence-electron chi connectivity index (χ3n) is 2.73. The lowest BCUT2D eigenvalue weighted by atomic mass is 10.1. The van der Waals surface area contributed by atoms with Gasteiger partial charge in [-0.3, -0.25) is 4.21 Å². The van der Waals surface area contributed by atoms with Gasteiger partial charge in [-0.1, -0.05) is 24.3 Å². The first-order valence-electron chi connectivity index (χ1n) is 5.75. The molecule has 96 valence electrons. The van der Waals surface area contributed by atoms with Gasteiger partial charge in [0.25, 0.3) is 0 Å². The molecule has 0 heterocycles. The number of ether oxygens (including phenoxy) is 1. The lowest BCUT2D eigenvalue weighted by Gasteiger charge is -2.06. The molecule has 0 bridgehead atoms. The number of benzene rings is 2. The summed E-state index contributed by atoms with van der Waals surface area (Å²) in [7, 11) is 0.387. The topological polar surface area (TPSA) is 50.1 Å². The van der Waals surface area contributed by atoms with Crippen molar-refractivity contribution >= 4 is 10.8 Å².